The van der Waals surface area contributed by atoms with E-state index in [2.05, 4.69) is 226 Å². The fourth-order valence-electron chi connectivity index (χ4n) is 33.8. The molecule has 9 heteroatoms. The molecule has 0 bridgehead atoms. The van der Waals surface area contributed by atoms with E-state index in [0.717, 1.165) is 183 Å². The summed E-state index contributed by atoms with van der Waals surface area (Å²) in [7, 11) is 3.35. The molecule has 142 heavy (non-hydrogen) atoms. The van der Waals surface area contributed by atoms with E-state index in [9.17, 15) is 10.2 Å². The molecule has 5 heterocycles. The third-order valence-electron chi connectivity index (χ3n) is 43.0. The summed E-state index contributed by atoms with van der Waals surface area (Å²) in [6.07, 6.45) is 71.2. The van der Waals surface area contributed by atoms with Gasteiger partial charge in [0.1, 0.15) is 68.7 Å². The van der Waals surface area contributed by atoms with Crippen LogP contribution < -0.4 is 28.4 Å². The number of ether oxygens (including phenoxy) is 7. The normalized spacial score (nSPS) is 36.8. The largest absolute Gasteiger partial charge is 0.496 e. The van der Waals surface area contributed by atoms with Crippen LogP contribution in [-0.2, 0) is 11.2 Å². The topological polar surface area (TPSA) is 105 Å². The highest BCUT2D eigenvalue weighted by molar-refractivity contribution is 5.76. The minimum absolute atomic E-state index is 0.0813. The second-order valence-electron chi connectivity index (χ2n) is 54.2. The smallest absolute Gasteiger partial charge is 0.138 e. The number of benzene rings is 3. The highest BCUT2D eigenvalue weighted by Crippen LogP contribution is 2.77. The van der Waals surface area contributed by atoms with Gasteiger partial charge in [-0.05, 0) is 464 Å². The zero-order valence-electron chi connectivity index (χ0n) is 93.9. The van der Waals surface area contributed by atoms with Gasteiger partial charge in [-0.3, -0.25) is 0 Å². The molecule has 776 valence electrons. The number of hydrogen-bond donors (Lipinski definition) is 2. The van der Waals surface area contributed by atoms with Crippen molar-refractivity contribution in [2.75, 3.05) is 14.2 Å². The van der Waals surface area contributed by atoms with Crippen LogP contribution in [0.4, 0.5) is 0 Å². The first-order valence-corrected chi connectivity index (χ1v) is 56.7. The van der Waals surface area contributed by atoms with Crippen molar-refractivity contribution in [3.05, 3.63) is 208 Å². The predicted octanol–water partition coefficient (Wildman–Crippen LogP) is 36.0. The summed E-state index contributed by atoms with van der Waals surface area (Å²) >= 11 is 0. The van der Waals surface area contributed by atoms with Crippen LogP contribution in [-0.4, -0.2) is 47.8 Å². The predicted molar refractivity (Wildman–Crippen MR) is 595 cm³/mol. The summed E-state index contributed by atoms with van der Waals surface area (Å²) in [4.78, 5) is 0. The van der Waals surface area contributed by atoms with Crippen molar-refractivity contribution in [2.24, 2.45) is 143 Å². The molecule has 0 radical (unpaired) electrons. The summed E-state index contributed by atoms with van der Waals surface area (Å²) in [6, 6.07) is 11.9. The van der Waals surface area contributed by atoms with Gasteiger partial charge in [0.25, 0.3) is 0 Å². The number of allylic oxidation sites excluding steroid dienone is 12. The van der Waals surface area contributed by atoms with E-state index >= 15 is 0 Å². The summed E-state index contributed by atoms with van der Waals surface area (Å²) in [5.41, 5.74) is 19.9. The molecule has 2 N–H and O–H groups in total. The third-order valence-corrected chi connectivity index (χ3v) is 43.0. The van der Waals surface area contributed by atoms with E-state index in [1.54, 1.807) is 25.4 Å². The van der Waals surface area contributed by atoms with Crippen molar-refractivity contribution >= 4 is 30.1 Å². The van der Waals surface area contributed by atoms with Crippen LogP contribution in [0.3, 0.4) is 0 Å². The van der Waals surface area contributed by atoms with E-state index in [4.69, 9.17) is 33.2 Å². The lowest BCUT2D eigenvalue weighted by molar-refractivity contribution is -0.190. The first-order chi connectivity index (χ1) is 66.7. The molecule has 0 saturated heterocycles. The molecule has 3 aromatic rings. The van der Waals surface area contributed by atoms with Gasteiger partial charge < -0.3 is 43.4 Å². The van der Waals surface area contributed by atoms with Crippen LogP contribution in [0.15, 0.2) is 174 Å². The summed E-state index contributed by atoms with van der Waals surface area (Å²) in [5, 5.41) is 20.4. The zero-order valence-corrected chi connectivity index (χ0v) is 93.9. The van der Waals surface area contributed by atoms with Crippen LogP contribution in [0.5, 0.6) is 34.5 Å². The molecule has 24 atom stereocenters. The van der Waals surface area contributed by atoms with Crippen molar-refractivity contribution in [2.45, 2.75) is 396 Å². The molecule has 5 aliphatic heterocycles. The van der Waals surface area contributed by atoms with Gasteiger partial charge in [0.15, 0.2) is 0 Å². The average Bonchev–Trinajstić information content (AvgIpc) is 0.848. The molecule has 1 unspecified atom stereocenters. The number of fused-ring (bicyclic) bond motifs is 22. The molecule has 10 fully saturated rings. The van der Waals surface area contributed by atoms with Crippen LogP contribution in [0.1, 0.15) is 399 Å². The molecule has 3 aromatic carbocycles. The number of methoxy groups -OCH3 is 2. The molecule has 0 amide bonds. The Hall–Kier alpha value is -7.46. The molecule has 0 aromatic heterocycles. The maximum absolute atomic E-state index is 10.2. The Kier molecular flexibility index (Phi) is 30.9. The lowest BCUT2D eigenvalue weighted by Gasteiger charge is -2.71. The minimum Gasteiger partial charge on any atom is -0.496 e. The Morgan fingerprint density at radius 3 is 1.54 bits per heavy atom. The first kappa shape index (κ1) is 107. The summed E-state index contributed by atoms with van der Waals surface area (Å²) in [5.74, 6) is 20.6. The van der Waals surface area contributed by atoms with Crippen molar-refractivity contribution < 1.29 is 43.4 Å². The van der Waals surface area contributed by atoms with Gasteiger partial charge in [-0.25, -0.2) is 0 Å². The summed E-state index contributed by atoms with van der Waals surface area (Å²) in [6.45, 7) is 76.3. The molecule has 10 saturated carbocycles. The van der Waals surface area contributed by atoms with Gasteiger partial charge in [-0.2, -0.15) is 0 Å². The van der Waals surface area contributed by atoms with Crippen LogP contribution in [0.25, 0.3) is 30.1 Å². The van der Waals surface area contributed by atoms with Gasteiger partial charge in [0, 0.05) is 46.5 Å². The maximum atomic E-state index is 10.2. The highest BCUT2D eigenvalue weighted by Gasteiger charge is 2.69. The molecular formula is C133H190O9. The number of aliphatic hydroxyl groups is 2. The monoisotopic (exact) mass is 1930 g/mol. The van der Waals surface area contributed by atoms with E-state index in [-0.39, 0.29) is 17.8 Å². The van der Waals surface area contributed by atoms with Crippen molar-refractivity contribution in [1.29, 1.82) is 0 Å². The quantitative estimate of drug-likeness (QED) is 0.162. The Morgan fingerprint density at radius 1 is 0.479 bits per heavy atom. The Bertz CT molecular complexity index is 5540. The SMILES string of the molecule is C=C(CC[C@@H](C)[C@H]1CC[C@H]2[C@@H]3CC=C4C[C@@H](O)CC[C@]4(C)[C@H]3CC[C@]12C)C(C)C.C=C1C=Cc2cc(CC=C(C)C)c(OC)cc2O1.C=C1C=Cc2cc3c(cc2O1)OC(C)(C)C=C3.C=C1C=Cc2cc3c(cc2O1)OC(C)(C)C=C3OC.CC(C)=CCC[C@@H](C)[C@H]1CC[C@H]2[C@@H]3CC=C4C[C@@H](O)CC[C@]4(C)[C@H]3CC[C@]12C.C[C@H]1CC[C@]2(C)[C@H]3CC=C4C5CC(C)(C)CC[C@]5(C)CC[C@@]4(C)[C@]3(C)CC[C@H]2C1(C)C. The Labute approximate surface area is 862 Å². The van der Waals surface area contributed by atoms with E-state index < -0.39 is 5.60 Å². The Morgan fingerprint density at radius 2 is 0.993 bits per heavy atom. The van der Waals surface area contributed by atoms with Gasteiger partial charge in [-0.15, -0.1) is 0 Å². The van der Waals surface area contributed by atoms with E-state index in [1.807, 2.05) is 100 Å². The highest BCUT2D eigenvalue weighted by atomic mass is 16.5. The minimum atomic E-state index is -0.395. The Balaban J connectivity index is 0.000000124. The van der Waals surface area contributed by atoms with Gasteiger partial charge in [-0.1, -0.05) is 214 Å². The fourth-order valence-corrected chi connectivity index (χ4v) is 33.8. The third kappa shape index (κ3) is 20.9. The number of rotatable bonds is 13. The van der Waals surface area contributed by atoms with Crippen molar-refractivity contribution in [1.82, 2.24) is 0 Å². The second-order valence-corrected chi connectivity index (χ2v) is 54.2. The van der Waals surface area contributed by atoms with Crippen LogP contribution in [0, 0.1) is 143 Å². The van der Waals surface area contributed by atoms with E-state index in [1.165, 1.54) is 189 Å². The van der Waals surface area contributed by atoms with Crippen LogP contribution in [0.2, 0.25) is 0 Å². The van der Waals surface area contributed by atoms with E-state index in [0.29, 0.717) is 77.3 Å². The molecule has 9 nitrogen and oxygen atoms in total. The first-order valence-electron chi connectivity index (χ1n) is 56.7. The molecule has 0 spiro atoms. The summed E-state index contributed by atoms with van der Waals surface area (Å²) < 4.78 is 39.5. The van der Waals surface area contributed by atoms with Gasteiger partial charge in [0.2, 0.25) is 0 Å². The number of hydrogen-bond acceptors (Lipinski definition) is 9. The average molecular weight is 1930 g/mol. The molecule has 21 rings (SSSR count). The standard InChI is InChI=1S/C31H52.C28H46O.C27H44O.C16H16O3.C16H18O2.C15H14O2/c1-21-12-14-29(7)24(27(21,4)5)13-15-31(9)25(29)11-10-22-23-20-26(2,3)16-17-28(23,6)18-19-30(22,31)8;1-18(2)19(3)7-8-20(4)24-11-12-25-23-10-9-21-17-22(29)13-15-27(21,5)26(23)14-16-28(24,25)6;1-18(2)7-6-8-19(3)23-11-12-24-22-10-9-20-17-21(28)13-15-26(20,4)25(22)14-16-27(23,24)5;1-10-5-6-11-7-12-14(8-13(11)18-10)19-16(2,3)9-15(12)17-4;1-11(2)5-7-13-9-14-8-6-12(3)18-16(14)10-15(13)17-4;1-10-4-5-11-8-12-6-7-15(2,3)17-14(12)9-13(11)16-10/h10,21,23-25H,11-20H2,1-9H3;9,18,20,22-26,29H,3,7-8,10-17H2,1-2,4-6H3;7,9,19,21-25,28H,6,8,10-17H2,1-5H3;5-9H,1H2,2-4H3;5-6,8-10H,3,7H2,1-2,4H3;4-9H,1H2,2-3H3/t21-,23?,24-,25+,28+,29-,30+,31+;20-,22+,23+,24-,25+,26+,27+,28-;19-,21+,22+,23-,24+,25+,26+,27-;;;/m011.../s1. The molecular weight excluding hydrogens is 1740 g/mol. The van der Waals surface area contributed by atoms with Crippen LogP contribution >= 0.6 is 0 Å². The van der Waals surface area contributed by atoms with Crippen molar-refractivity contribution in [3.8, 4) is 34.5 Å². The second kappa shape index (κ2) is 40.9. The fraction of sp³-hybridized carbons (Fsp3) is 0.654. The van der Waals surface area contributed by atoms with Gasteiger partial charge in [0.05, 0.1) is 32.0 Å². The van der Waals surface area contributed by atoms with Crippen molar-refractivity contribution in [3.63, 3.8) is 0 Å². The number of aliphatic hydroxyl groups excluding tert-OH is 2. The molecule has 18 aliphatic rings. The lowest BCUT2D eigenvalue weighted by Crippen LogP contribution is -2.63. The van der Waals surface area contributed by atoms with Gasteiger partial charge >= 0.3 is 0 Å². The molecule has 13 aliphatic carbocycles. The lowest BCUT2D eigenvalue weighted by atomic mass is 9.33. The maximum Gasteiger partial charge on any atom is 0.138 e. The zero-order chi connectivity index (χ0) is 103.